The minimum Gasteiger partial charge on any atom is -0.380 e. The molecule has 0 saturated carbocycles. The van der Waals surface area contributed by atoms with Gasteiger partial charge < -0.3 is 10.1 Å². The highest BCUT2D eigenvalue weighted by Crippen LogP contribution is 2.35. The molecule has 1 aliphatic carbocycles. The quantitative estimate of drug-likeness (QED) is 0.858. The van der Waals surface area contributed by atoms with Crippen LogP contribution in [-0.4, -0.2) is 41.6 Å². The van der Waals surface area contributed by atoms with E-state index >= 15 is 0 Å². The van der Waals surface area contributed by atoms with Crippen LogP contribution in [0.25, 0.3) is 0 Å². The fourth-order valence-electron chi connectivity index (χ4n) is 3.27. The predicted molar refractivity (Wildman–Crippen MR) is 77.9 cm³/mol. The number of urea groups is 1. The number of hydrogen-bond donors (Lipinski definition) is 1. The molecular formula is C16H20N2O3. The molecule has 1 aromatic rings. The van der Waals surface area contributed by atoms with Crippen molar-refractivity contribution in [1.82, 2.24) is 10.2 Å². The molecule has 1 fully saturated rings. The maximum atomic E-state index is 12.9. The summed E-state index contributed by atoms with van der Waals surface area (Å²) in [5.41, 5.74) is 1.48. The highest BCUT2D eigenvalue weighted by Gasteiger charge is 2.55. The second-order valence-corrected chi connectivity index (χ2v) is 5.99. The first-order valence-electron chi connectivity index (χ1n) is 7.24. The maximum absolute atomic E-state index is 12.9. The number of nitrogens with one attached hydrogen (secondary N) is 1. The summed E-state index contributed by atoms with van der Waals surface area (Å²) in [5.74, 6) is -0.139. The average molecular weight is 288 g/mol. The number of carbonyl (C=O) groups is 2. The van der Waals surface area contributed by atoms with Crippen LogP contribution in [0.2, 0.25) is 0 Å². The number of benzene rings is 1. The summed E-state index contributed by atoms with van der Waals surface area (Å²) >= 11 is 0. The Bertz CT molecular complexity index is 574. The molecule has 21 heavy (non-hydrogen) atoms. The Balaban J connectivity index is 1.89. The Labute approximate surface area is 124 Å². The molecule has 3 amide bonds. The van der Waals surface area contributed by atoms with Crippen LogP contribution < -0.4 is 5.32 Å². The Hall–Kier alpha value is -1.88. The van der Waals surface area contributed by atoms with Crippen molar-refractivity contribution in [1.29, 1.82) is 0 Å². The van der Waals surface area contributed by atoms with E-state index in [-0.39, 0.29) is 24.1 Å². The number of ether oxygens (including phenoxy) is 1. The summed E-state index contributed by atoms with van der Waals surface area (Å²) in [6.07, 6.45) is 0.940. The Morgan fingerprint density at radius 1 is 1.19 bits per heavy atom. The topological polar surface area (TPSA) is 58.6 Å². The molecule has 1 spiro atoms. The summed E-state index contributed by atoms with van der Waals surface area (Å²) in [5, 5.41) is 2.92. The molecule has 1 unspecified atom stereocenters. The molecule has 5 nitrogen and oxygen atoms in total. The van der Waals surface area contributed by atoms with E-state index < -0.39 is 5.54 Å². The number of rotatable bonds is 3. The van der Waals surface area contributed by atoms with Crippen molar-refractivity contribution in [3.63, 3.8) is 0 Å². The van der Waals surface area contributed by atoms with E-state index in [1.165, 1.54) is 4.90 Å². The summed E-state index contributed by atoms with van der Waals surface area (Å²) < 4.78 is 5.26. The van der Waals surface area contributed by atoms with Gasteiger partial charge >= 0.3 is 6.03 Å². The highest BCUT2D eigenvalue weighted by atomic mass is 16.5. The van der Waals surface area contributed by atoms with Gasteiger partial charge in [0, 0.05) is 20.0 Å². The molecule has 112 valence electrons. The molecule has 0 aromatic heterocycles. The summed E-state index contributed by atoms with van der Waals surface area (Å²) in [7, 11) is 1.58. The Kier molecular flexibility index (Phi) is 3.24. The van der Waals surface area contributed by atoms with Gasteiger partial charge in [0.05, 0.1) is 12.1 Å². The van der Waals surface area contributed by atoms with Crippen LogP contribution in [0.3, 0.4) is 0 Å². The first-order valence-corrected chi connectivity index (χ1v) is 7.24. The van der Waals surface area contributed by atoms with Crippen LogP contribution in [0.15, 0.2) is 24.3 Å². The van der Waals surface area contributed by atoms with Crippen molar-refractivity contribution in [3.8, 4) is 0 Å². The average Bonchev–Trinajstić information content (AvgIpc) is 2.95. The van der Waals surface area contributed by atoms with Gasteiger partial charge in [-0.05, 0) is 25.0 Å². The smallest absolute Gasteiger partial charge is 0.325 e. The fourth-order valence-corrected chi connectivity index (χ4v) is 3.27. The van der Waals surface area contributed by atoms with Crippen LogP contribution in [-0.2, 0) is 22.4 Å². The number of imide groups is 1. The molecule has 1 saturated heterocycles. The normalized spacial score (nSPS) is 22.3. The molecule has 0 radical (unpaired) electrons. The van der Waals surface area contributed by atoms with Gasteiger partial charge in [-0.3, -0.25) is 9.69 Å². The van der Waals surface area contributed by atoms with Gasteiger partial charge in [0.2, 0.25) is 0 Å². The third-order valence-electron chi connectivity index (χ3n) is 4.75. The van der Waals surface area contributed by atoms with Gasteiger partial charge in [-0.2, -0.15) is 0 Å². The van der Waals surface area contributed by atoms with Crippen LogP contribution in [0.1, 0.15) is 25.0 Å². The number of fused-ring (bicyclic) bond motifs is 1. The summed E-state index contributed by atoms with van der Waals surface area (Å²) in [4.78, 5) is 26.5. The van der Waals surface area contributed by atoms with Gasteiger partial charge in [-0.15, -0.1) is 0 Å². The molecule has 1 heterocycles. The highest BCUT2D eigenvalue weighted by molar-refractivity contribution is 6.08. The van der Waals surface area contributed by atoms with E-state index in [2.05, 4.69) is 5.32 Å². The lowest BCUT2D eigenvalue weighted by atomic mass is 9.95. The van der Waals surface area contributed by atoms with Gasteiger partial charge in [0.1, 0.15) is 5.54 Å². The summed E-state index contributed by atoms with van der Waals surface area (Å²) in [6.45, 7) is 3.70. The van der Waals surface area contributed by atoms with Crippen LogP contribution in [0.5, 0.6) is 0 Å². The van der Waals surface area contributed by atoms with Crippen LogP contribution in [0, 0.1) is 0 Å². The third-order valence-corrected chi connectivity index (χ3v) is 4.75. The second kappa shape index (κ2) is 4.84. The van der Waals surface area contributed by atoms with Crippen molar-refractivity contribution in [2.75, 3.05) is 7.11 Å². The molecule has 1 aromatic carbocycles. The lowest BCUT2D eigenvalue weighted by molar-refractivity contribution is -0.134. The number of hydrogen-bond acceptors (Lipinski definition) is 3. The maximum Gasteiger partial charge on any atom is 0.325 e. The molecule has 1 N–H and O–H groups in total. The SMILES string of the molecule is COC(C)[C@H](C)N1C(=O)NC2(Cc3ccccc3C2)C1=O. The zero-order valence-electron chi connectivity index (χ0n) is 12.6. The monoisotopic (exact) mass is 288 g/mol. The number of carbonyl (C=O) groups excluding carboxylic acids is 2. The van der Waals surface area contributed by atoms with Gasteiger partial charge in [0.15, 0.2) is 0 Å². The van der Waals surface area contributed by atoms with E-state index in [9.17, 15) is 9.59 Å². The van der Waals surface area contributed by atoms with Crippen molar-refractivity contribution < 1.29 is 14.3 Å². The van der Waals surface area contributed by atoms with Crippen molar-refractivity contribution in [2.24, 2.45) is 0 Å². The summed E-state index contributed by atoms with van der Waals surface area (Å²) in [6, 6.07) is 7.37. The lowest BCUT2D eigenvalue weighted by Crippen LogP contribution is -2.50. The molecular weight excluding hydrogens is 268 g/mol. The van der Waals surface area contributed by atoms with E-state index in [0.29, 0.717) is 12.8 Å². The molecule has 5 heteroatoms. The van der Waals surface area contributed by atoms with Gasteiger partial charge in [0.25, 0.3) is 5.91 Å². The third kappa shape index (κ3) is 2.03. The minimum absolute atomic E-state index is 0.139. The molecule has 2 aliphatic rings. The number of methoxy groups -OCH3 is 1. The van der Waals surface area contributed by atoms with Gasteiger partial charge in [-0.25, -0.2) is 4.79 Å². The first-order chi connectivity index (χ1) is 9.98. The van der Waals surface area contributed by atoms with E-state index in [1.54, 1.807) is 7.11 Å². The predicted octanol–water partition coefficient (Wildman–Crippen LogP) is 1.50. The van der Waals surface area contributed by atoms with Crippen molar-refractivity contribution in [2.45, 2.75) is 44.4 Å². The van der Waals surface area contributed by atoms with Crippen molar-refractivity contribution >= 4 is 11.9 Å². The second-order valence-electron chi connectivity index (χ2n) is 5.99. The molecule has 2 atom stereocenters. The van der Waals surface area contributed by atoms with E-state index in [4.69, 9.17) is 4.74 Å². The molecule has 1 aliphatic heterocycles. The van der Waals surface area contributed by atoms with E-state index in [0.717, 1.165) is 11.1 Å². The van der Waals surface area contributed by atoms with Crippen molar-refractivity contribution in [3.05, 3.63) is 35.4 Å². The minimum atomic E-state index is -0.803. The lowest BCUT2D eigenvalue weighted by Gasteiger charge is -2.27. The zero-order valence-corrected chi connectivity index (χ0v) is 12.6. The van der Waals surface area contributed by atoms with Crippen LogP contribution >= 0.6 is 0 Å². The Morgan fingerprint density at radius 2 is 1.76 bits per heavy atom. The number of amides is 3. The molecule has 3 rings (SSSR count). The standard InChI is InChI=1S/C16H20N2O3/c1-10(11(2)21-3)18-14(19)16(17-15(18)20)8-12-6-4-5-7-13(12)9-16/h4-7,10-11H,8-9H2,1-3H3,(H,17,20)/t10-,11?/m0/s1. The van der Waals surface area contributed by atoms with Gasteiger partial charge in [-0.1, -0.05) is 24.3 Å². The Morgan fingerprint density at radius 3 is 2.29 bits per heavy atom. The van der Waals surface area contributed by atoms with E-state index in [1.807, 2.05) is 38.1 Å². The molecule has 0 bridgehead atoms. The largest absolute Gasteiger partial charge is 0.380 e. The zero-order chi connectivity index (χ0) is 15.2. The number of nitrogens with zero attached hydrogens (tertiary/aromatic N) is 1. The van der Waals surface area contributed by atoms with Crippen LogP contribution in [0.4, 0.5) is 4.79 Å². The first kappa shape index (κ1) is 14.1. The fraction of sp³-hybridized carbons (Fsp3) is 0.500.